The molecule has 0 saturated carbocycles. The lowest BCUT2D eigenvalue weighted by Gasteiger charge is -2.18. The molecule has 0 spiro atoms. The predicted molar refractivity (Wildman–Crippen MR) is 494 cm³/mol. The number of nitrogens with one attached hydrogen (secondary N) is 1. The van der Waals surface area contributed by atoms with Gasteiger partial charge in [-0.15, -0.1) is 11.8 Å². The Morgan fingerprint density at radius 2 is 0.906 bits per heavy atom. The molecule has 27 heteroatoms. The molecule has 20 rings (SSSR count). The molecule has 18 aromatic rings. The number of aliphatic imine (C=N–C) groups is 1. The summed E-state index contributed by atoms with van der Waals surface area (Å²) in [4.78, 5) is 60.0. The minimum absolute atomic E-state index is 0.0872. The van der Waals surface area contributed by atoms with Crippen LogP contribution in [-0.4, -0.2) is 107 Å². The van der Waals surface area contributed by atoms with Crippen molar-refractivity contribution in [2.75, 3.05) is 20.2 Å². The average Bonchev–Trinajstić information content (AvgIpc) is 1.43. The van der Waals surface area contributed by atoms with Gasteiger partial charge in [-0.1, -0.05) is 95.5 Å². The first-order valence-electron chi connectivity index (χ1n) is 39.9. The van der Waals surface area contributed by atoms with Crippen molar-refractivity contribution < 1.29 is 36.3 Å². The first kappa shape index (κ1) is 86.0. The van der Waals surface area contributed by atoms with E-state index in [9.17, 15) is 31.5 Å². The number of nitrogens with zero attached hydrogens (tertiary/aromatic N) is 13. The maximum atomic E-state index is 13.7. The van der Waals surface area contributed by atoms with Gasteiger partial charge in [-0.3, -0.25) is 39.7 Å². The lowest BCUT2D eigenvalue weighted by atomic mass is 9.94. The molecular weight excluding hydrogens is 1690 g/mol. The lowest BCUT2D eigenvalue weighted by Crippen LogP contribution is -2.25. The van der Waals surface area contributed by atoms with E-state index in [2.05, 4.69) is 79.7 Å². The summed E-state index contributed by atoms with van der Waals surface area (Å²) in [6, 6.07) is 65.0. The number of halogens is 8. The smallest absolute Gasteiger partial charge is 0.341 e. The van der Waals surface area contributed by atoms with E-state index in [-0.39, 0.29) is 38.7 Å². The van der Waals surface area contributed by atoms with Gasteiger partial charge in [0.2, 0.25) is 0 Å². The maximum Gasteiger partial charge on any atom is 0.341 e. The van der Waals surface area contributed by atoms with Crippen LogP contribution in [0.25, 0.3) is 134 Å². The van der Waals surface area contributed by atoms with E-state index >= 15 is 0 Å². The van der Waals surface area contributed by atoms with Crippen LogP contribution in [0.2, 0.25) is 15.1 Å². The first-order chi connectivity index (χ1) is 61.8. The molecule has 0 fully saturated rings. The van der Waals surface area contributed by atoms with Gasteiger partial charge < -0.3 is 20.2 Å². The number of aryl methyl sites for hydroxylation is 2. The molecule has 18 nitrogen and oxygen atoms in total. The number of amides is 1. The SMILES string of the molecule is COC(=O)c1cnn2ccc(-c3cccnc3-c3ccc(F)c(C)c3)cc12.Cc1cc(-c2ncccc2-c2ccn3ncc(C(=O)NCCCN)c3c2)ccc1F.Fc1ccc(-c2ncccc2-c2ccc3ncccc3c2)cc1Cl.Fc1ccc(-c2ncccc2-c2ccc3nccn3c2)cc1Cl.Fc1ccc(-c2ncccc2C2=CC3SC=NC3C=C2)cc1Cl. The Labute approximate surface area is 744 Å². The van der Waals surface area contributed by atoms with Crippen molar-refractivity contribution in [1.82, 2.24) is 63.8 Å². The molecule has 3 N–H and O–H groups in total. The van der Waals surface area contributed by atoms with Gasteiger partial charge in [0, 0.05) is 141 Å². The Balaban J connectivity index is 0.000000117. The number of thioether (sulfide) groups is 1. The average molecular weight is 1770 g/mol. The second-order valence-corrected chi connectivity index (χ2v) is 31.4. The molecule has 628 valence electrons. The number of nitrogens with two attached hydrogens (primary N) is 1. The molecule has 0 radical (unpaired) electrons. The number of methoxy groups -OCH3 is 1. The van der Waals surface area contributed by atoms with Crippen LogP contribution in [0.1, 0.15) is 43.8 Å². The highest BCUT2D eigenvalue weighted by Crippen LogP contribution is 2.41. The number of esters is 1. The molecule has 1 aliphatic heterocycles. The number of rotatable bonds is 15. The zero-order chi connectivity index (χ0) is 88.2. The molecule has 0 bridgehead atoms. The fourth-order valence-corrected chi connectivity index (χ4v) is 16.0. The van der Waals surface area contributed by atoms with Gasteiger partial charge in [0.25, 0.3) is 5.91 Å². The van der Waals surface area contributed by atoms with Gasteiger partial charge in [0.15, 0.2) is 0 Å². The predicted octanol–water partition coefficient (Wildman–Crippen LogP) is 23.5. The Morgan fingerprint density at radius 1 is 0.465 bits per heavy atom. The highest BCUT2D eigenvalue weighted by Gasteiger charge is 2.27. The summed E-state index contributed by atoms with van der Waals surface area (Å²) in [7, 11) is 1.34. The fourth-order valence-electron chi connectivity index (χ4n) is 14.6. The summed E-state index contributed by atoms with van der Waals surface area (Å²) >= 11 is 19.5. The Kier molecular flexibility index (Phi) is 26.5. The third-order valence-corrected chi connectivity index (χ3v) is 22.8. The van der Waals surface area contributed by atoms with E-state index < -0.39 is 23.4 Å². The van der Waals surface area contributed by atoms with Gasteiger partial charge in [-0.05, 0) is 236 Å². The molecule has 2 aliphatic rings. The summed E-state index contributed by atoms with van der Waals surface area (Å²) in [5, 5.41) is 13.0. The topological polar surface area (TPSA) is 223 Å². The Hall–Kier alpha value is -14.5. The van der Waals surface area contributed by atoms with E-state index in [0.29, 0.717) is 58.0 Å². The number of hydrogen-bond acceptors (Lipinski definition) is 15. The number of benzene rings is 6. The van der Waals surface area contributed by atoms with Crippen LogP contribution in [-0.2, 0) is 4.74 Å². The normalized spacial score (nSPS) is 13.0. The van der Waals surface area contributed by atoms with Gasteiger partial charge in [-0.25, -0.2) is 40.8 Å². The number of carbonyl (C=O) groups is 2. The Morgan fingerprint density at radius 3 is 1.41 bits per heavy atom. The Bertz CT molecular complexity index is 7290. The zero-order valence-electron chi connectivity index (χ0n) is 67.9. The number of imidazole rings is 1. The monoisotopic (exact) mass is 1760 g/mol. The standard InChI is InChI=1S/C23H22FN5O.C21H16FN3O2.C20H12ClFN2.C18H11ClFN3.C18H12ClFN2S/c1-15-12-17(5-6-20(15)24)22-18(4-2-9-26-22)16-7-11-29-21(13-16)19(14-28-29)23(30)27-10-3-8-25;1-13-10-15(5-6-18(13)22)20-16(4-3-8-23-20)14-7-9-25-19(11-14)17(12-24-25)21(26)27-2;21-17-12-15(5-7-18(17)22)20-16(4-2-10-24-20)13-6-8-19-14(11-13)3-1-9-23-19;19-15-10-12(3-5-16(15)20)18-14(2-1-7-22-18)13-4-6-17-21-8-9-23(17)11-13;19-14-8-12(3-5-15(14)20)18-13(2-1-7-21-18)11-4-6-16-17(9-11)23-10-22-16/h2,4-7,9,11-14H,3,8,10,25H2,1H3,(H,27,30);3-12H,1-2H3;1-12H;1-11H;1-10,16-17H. The van der Waals surface area contributed by atoms with E-state index in [0.717, 1.165) is 128 Å². The van der Waals surface area contributed by atoms with Crippen LogP contribution in [0.5, 0.6) is 0 Å². The van der Waals surface area contributed by atoms with Crippen molar-refractivity contribution in [2.24, 2.45) is 10.7 Å². The molecule has 2 atom stereocenters. The van der Waals surface area contributed by atoms with Gasteiger partial charge >= 0.3 is 5.97 Å². The first-order valence-corrected chi connectivity index (χ1v) is 41.9. The third kappa shape index (κ3) is 19.4. The molecule has 2 unspecified atom stereocenters. The summed E-state index contributed by atoms with van der Waals surface area (Å²) in [5.74, 6) is -2.42. The highest BCUT2D eigenvalue weighted by atomic mass is 35.5. The van der Waals surface area contributed by atoms with Crippen LogP contribution in [0.3, 0.4) is 0 Å². The molecule has 13 heterocycles. The van der Waals surface area contributed by atoms with Crippen LogP contribution in [0.15, 0.2) is 322 Å². The van der Waals surface area contributed by atoms with E-state index in [1.54, 1.807) is 151 Å². The molecular formula is C100H73Cl3F5N15O3S. The number of allylic oxidation sites excluding steroid dienone is 2. The van der Waals surface area contributed by atoms with Crippen LogP contribution in [0, 0.1) is 42.9 Å². The number of pyridine rings is 9. The number of hydrogen-bond donors (Lipinski definition) is 2. The summed E-state index contributed by atoms with van der Waals surface area (Å²) in [5.41, 5.74) is 30.0. The zero-order valence-corrected chi connectivity index (χ0v) is 71.0. The van der Waals surface area contributed by atoms with Gasteiger partial charge in [-0.2, -0.15) is 10.2 Å². The van der Waals surface area contributed by atoms with Crippen molar-refractivity contribution in [3.8, 4) is 101 Å². The molecule has 12 aromatic heterocycles. The van der Waals surface area contributed by atoms with Crippen LogP contribution < -0.4 is 11.1 Å². The number of fused-ring (bicyclic) bond motifs is 5. The third-order valence-electron chi connectivity index (χ3n) is 21.0. The number of aromatic nitrogens is 12. The molecule has 6 aromatic carbocycles. The summed E-state index contributed by atoms with van der Waals surface area (Å²) < 4.78 is 77.7. The highest BCUT2D eigenvalue weighted by molar-refractivity contribution is 8.13. The van der Waals surface area contributed by atoms with E-state index in [1.807, 2.05) is 150 Å². The quantitative estimate of drug-likeness (QED) is 0.0554. The van der Waals surface area contributed by atoms with Gasteiger partial charge in [0.1, 0.15) is 40.3 Å². The van der Waals surface area contributed by atoms with Crippen molar-refractivity contribution in [1.29, 1.82) is 0 Å². The minimum atomic E-state index is -0.442. The summed E-state index contributed by atoms with van der Waals surface area (Å²) in [6.45, 7) is 4.49. The minimum Gasteiger partial charge on any atom is -0.465 e. The fraction of sp³-hybridized carbons (Fsp3) is 0.0800. The van der Waals surface area contributed by atoms with E-state index in [4.69, 9.17) is 45.3 Å². The van der Waals surface area contributed by atoms with Crippen molar-refractivity contribution >= 4 is 97.1 Å². The molecule has 0 saturated heterocycles. The lowest BCUT2D eigenvalue weighted by molar-refractivity contribution is 0.0602. The second kappa shape index (κ2) is 39.1. The van der Waals surface area contributed by atoms with Crippen LogP contribution >= 0.6 is 46.6 Å². The van der Waals surface area contributed by atoms with Crippen molar-refractivity contribution in [3.05, 3.63) is 389 Å². The van der Waals surface area contributed by atoms with E-state index in [1.165, 1.54) is 43.6 Å². The van der Waals surface area contributed by atoms with Crippen molar-refractivity contribution in [2.45, 2.75) is 31.6 Å². The number of carbonyl (C=O) groups excluding carboxylic acids is 2. The van der Waals surface area contributed by atoms with Gasteiger partial charge in [0.05, 0.1) is 102 Å². The van der Waals surface area contributed by atoms with Crippen LogP contribution in [0.4, 0.5) is 22.0 Å². The molecule has 1 amide bonds. The molecule has 127 heavy (non-hydrogen) atoms. The number of ether oxygens (including phenoxy) is 1. The largest absolute Gasteiger partial charge is 0.465 e. The van der Waals surface area contributed by atoms with Crippen molar-refractivity contribution in [3.63, 3.8) is 0 Å². The maximum absolute atomic E-state index is 13.7. The summed E-state index contributed by atoms with van der Waals surface area (Å²) in [6.07, 6.45) is 29.8. The molecule has 1 aliphatic carbocycles. The second-order valence-electron chi connectivity index (χ2n) is 29.2.